The highest BCUT2D eigenvalue weighted by molar-refractivity contribution is 6.20. The first kappa shape index (κ1) is 12.5. The molecule has 1 spiro atoms. The second-order valence-electron chi connectivity index (χ2n) is 4.32. The fraction of sp³-hybridized carbons (Fsp3) is 0.600. The van der Waals surface area contributed by atoms with Crippen LogP contribution in [0.2, 0.25) is 0 Å². The molecule has 3 N–H and O–H groups in total. The fourth-order valence-corrected chi connectivity index (χ4v) is 1.83. The van der Waals surface area contributed by atoms with Gasteiger partial charge in [-0.05, 0) is 12.8 Å². The van der Waals surface area contributed by atoms with E-state index in [9.17, 15) is 19.2 Å². The first-order chi connectivity index (χ1) is 8.47. The van der Waals surface area contributed by atoms with Crippen LogP contribution in [-0.2, 0) is 19.1 Å². The Labute approximate surface area is 102 Å². The van der Waals surface area contributed by atoms with E-state index in [4.69, 9.17) is 10.5 Å². The van der Waals surface area contributed by atoms with E-state index in [0.717, 1.165) is 4.90 Å². The molecule has 2 fully saturated rings. The van der Waals surface area contributed by atoms with Gasteiger partial charge in [0.2, 0.25) is 17.7 Å². The molecule has 18 heavy (non-hydrogen) atoms. The summed E-state index contributed by atoms with van der Waals surface area (Å²) < 4.78 is 4.88. The number of amides is 5. The summed E-state index contributed by atoms with van der Waals surface area (Å²) in [7, 11) is 0. The van der Waals surface area contributed by atoms with Gasteiger partial charge in [-0.15, -0.1) is 0 Å². The quantitative estimate of drug-likeness (QED) is 0.450. The molecule has 1 saturated carbocycles. The van der Waals surface area contributed by atoms with Crippen LogP contribution >= 0.6 is 0 Å². The minimum absolute atomic E-state index is 0.00632. The van der Waals surface area contributed by atoms with Gasteiger partial charge in [0.1, 0.15) is 12.0 Å². The van der Waals surface area contributed by atoms with Crippen molar-refractivity contribution < 1.29 is 23.9 Å². The van der Waals surface area contributed by atoms with Crippen LogP contribution in [-0.4, -0.2) is 48.4 Å². The molecule has 8 heteroatoms. The fourth-order valence-electron chi connectivity index (χ4n) is 1.83. The smallest absolute Gasteiger partial charge is 0.330 e. The third-order valence-electron chi connectivity index (χ3n) is 3.01. The molecule has 0 aromatic carbocycles. The topological polar surface area (TPSA) is 119 Å². The Morgan fingerprint density at radius 3 is 2.61 bits per heavy atom. The number of ether oxygens (including phenoxy) is 1. The minimum atomic E-state index is -1.04. The third-order valence-corrected chi connectivity index (χ3v) is 3.01. The first-order valence-corrected chi connectivity index (χ1v) is 5.51. The van der Waals surface area contributed by atoms with E-state index in [0.29, 0.717) is 12.8 Å². The van der Waals surface area contributed by atoms with Crippen molar-refractivity contribution >= 4 is 23.8 Å². The zero-order valence-electron chi connectivity index (χ0n) is 9.60. The van der Waals surface area contributed by atoms with Crippen LogP contribution in [0.5, 0.6) is 0 Å². The zero-order valence-corrected chi connectivity index (χ0v) is 9.60. The number of imide groups is 2. The maximum atomic E-state index is 12.0. The average Bonchev–Trinajstić information content (AvgIpc) is 3.07. The molecule has 1 aliphatic heterocycles. The number of urea groups is 1. The number of hydrogen-bond donors (Lipinski definition) is 2. The number of primary amides is 1. The zero-order chi connectivity index (χ0) is 13.3. The Bertz CT molecular complexity index is 429. The van der Waals surface area contributed by atoms with Crippen molar-refractivity contribution in [3.63, 3.8) is 0 Å². The molecule has 1 saturated heterocycles. The van der Waals surface area contributed by atoms with Crippen LogP contribution in [0, 0.1) is 5.41 Å². The van der Waals surface area contributed by atoms with E-state index in [1.54, 1.807) is 0 Å². The number of rotatable bonds is 5. The number of barbiturate groups is 1. The van der Waals surface area contributed by atoms with E-state index in [2.05, 4.69) is 5.32 Å². The lowest BCUT2D eigenvalue weighted by Gasteiger charge is -2.29. The Hall–Kier alpha value is -1.96. The van der Waals surface area contributed by atoms with Crippen LogP contribution < -0.4 is 11.1 Å². The van der Waals surface area contributed by atoms with Gasteiger partial charge < -0.3 is 10.5 Å². The van der Waals surface area contributed by atoms with Crippen molar-refractivity contribution in [2.24, 2.45) is 11.1 Å². The summed E-state index contributed by atoms with van der Waals surface area (Å²) in [5.41, 5.74) is 3.83. The molecule has 5 amide bonds. The van der Waals surface area contributed by atoms with E-state index in [1.165, 1.54) is 0 Å². The predicted octanol–water partition coefficient (Wildman–Crippen LogP) is -1.65. The molecule has 1 heterocycles. The van der Waals surface area contributed by atoms with Gasteiger partial charge >= 0.3 is 6.03 Å². The molecular formula is C10H13N3O5. The normalized spacial score (nSPS) is 21.1. The maximum absolute atomic E-state index is 12.0. The summed E-state index contributed by atoms with van der Waals surface area (Å²) in [6.07, 6.45) is 0.924. The molecule has 2 aliphatic rings. The summed E-state index contributed by atoms with van der Waals surface area (Å²) in [6, 6.07) is -0.745. The Morgan fingerprint density at radius 1 is 1.39 bits per heavy atom. The molecule has 8 nitrogen and oxygen atoms in total. The SMILES string of the molecule is NC(=O)COCCN1C(=O)NC(=O)C2(CC2)C1=O. The minimum Gasteiger partial charge on any atom is -0.370 e. The Morgan fingerprint density at radius 2 is 2.06 bits per heavy atom. The van der Waals surface area contributed by atoms with Gasteiger partial charge in [-0.3, -0.25) is 24.6 Å². The summed E-state index contributed by atoms with van der Waals surface area (Å²) in [5, 5.41) is 2.14. The third kappa shape index (κ3) is 2.06. The van der Waals surface area contributed by atoms with Gasteiger partial charge in [0.25, 0.3) is 0 Å². The highest BCUT2D eigenvalue weighted by atomic mass is 16.5. The lowest BCUT2D eigenvalue weighted by Crippen LogP contribution is -2.59. The van der Waals surface area contributed by atoms with Gasteiger partial charge in [0.15, 0.2) is 0 Å². The van der Waals surface area contributed by atoms with E-state index in [-0.39, 0.29) is 19.8 Å². The summed E-state index contributed by atoms with van der Waals surface area (Å²) in [5.74, 6) is -1.64. The number of nitrogens with two attached hydrogens (primary N) is 1. The monoisotopic (exact) mass is 255 g/mol. The molecule has 0 aromatic heterocycles. The van der Waals surface area contributed by atoms with Crippen LogP contribution in [0.4, 0.5) is 4.79 Å². The maximum Gasteiger partial charge on any atom is 0.330 e. The largest absolute Gasteiger partial charge is 0.370 e. The molecule has 0 radical (unpaired) electrons. The molecule has 0 aromatic rings. The number of hydrogen-bond acceptors (Lipinski definition) is 5. The van der Waals surface area contributed by atoms with E-state index in [1.807, 2.05) is 0 Å². The highest BCUT2D eigenvalue weighted by Crippen LogP contribution is 2.48. The summed E-state index contributed by atoms with van der Waals surface area (Å²) in [4.78, 5) is 46.3. The number of carbonyl (C=O) groups excluding carboxylic acids is 4. The molecular weight excluding hydrogens is 242 g/mol. The number of nitrogens with one attached hydrogen (secondary N) is 1. The standard InChI is InChI=1S/C10H13N3O5/c11-6(14)5-18-4-3-13-8(16)10(1-2-10)7(15)12-9(13)17/h1-5H2,(H2,11,14)(H,12,15,17). The van der Waals surface area contributed by atoms with Crippen molar-refractivity contribution in [2.75, 3.05) is 19.8 Å². The van der Waals surface area contributed by atoms with Crippen LogP contribution in [0.1, 0.15) is 12.8 Å². The van der Waals surface area contributed by atoms with E-state index < -0.39 is 29.2 Å². The van der Waals surface area contributed by atoms with Crippen molar-refractivity contribution in [1.29, 1.82) is 0 Å². The second kappa shape index (κ2) is 4.37. The van der Waals surface area contributed by atoms with Crippen LogP contribution in [0.3, 0.4) is 0 Å². The van der Waals surface area contributed by atoms with Gasteiger partial charge in [-0.1, -0.05) is 0 Å². The Kier molecular flexibility index (Phi) is 3.04. The molecule has 0 atom stereocenters. The second-order valence-corrected chi connectivity index (χ2v) is 4.32. The lowest BCUT2D eigenvalue weighted by atomic mass is 10.0. The number of carbonyl (C=O) groups is 4. The molecule has 98 valence electrons. The lowest BCUT2D eigenvalue weighted by molar-refractivity contribution is -0.145. The average molecular weight is 255 g/mol. The molecule has 0 unspecified atom stereocenters. The summed E-state index contributed by atoms with van der Waals surface area (Å²) in [6.45, 7) is -0.271. The van der Waals surface area contributed by atoms with Crippen LogP contribution in [0.15, 0.2) is 0 Å². The highest BCUT2D eigenvalue weighted by Gasteiger charge is 2.62. The van der Waals surface area contributed by atoms with Gasteiger partial charge in [-0.2, -0.15) is 0 Å². The van der Waals surface area contributed by atoms with Crippen molar-refractivity contribution in [2.45, 2.75) is 12.8 Å². The van der Waals surface area contributed by atoms with Crippen molar-refractivity contribution in [1.82, 2.24) is 10.2 Å². The summed E-state index contributed by atoms with van der Waals surface area (Å²) >= 11 is 0. The predicted molar refractivity (Wildman–Crippen MR) is 56.9 cm³/mol. The molecule has 2 rings (SSSR count). The van der Waals surface area contributed by atoms with Crippen molar-refractivity contribution in [3.05, 3.63) is 0 Å². The van der Waals surface area contributed by atoms with Crippen molar-refractivity contribution in [3.8, 4) is 0 Å². The van der Waals surface area contributed by atoms with Gasteiger partial charge in [0, 0.05) is 0 Å². The molecule has 1 aliphatic carbocycles. The van der Waals surface area contributed by atoms with Gasteiger partial charge in [0.05, 0.1) is 13.2 Å². The van der Waals surface area contributed by atoms with E-state index >= 15 is 0 Å². The number of nitrogens with zero attached hydrogens (tertiary/aromatic N) is 1. The first-order valence-electron chi connectivity index (χ1n) is 5.51. The van der Waals surface area contributed by atoms with Gasteiger partial charge in [-0.25, -0.2) is 4.79 Å². The molecule has 0 bridgehead atoms. The van der Waals surface area contributed by atoms with Crippen LogP contribution in [0.25, 0.3) is 0 Å². The Balaban J connectivity index is 1.91.